The maximum atomic E-state index is 12.3. The number of hydrogen-bond acceptors (Lipinski definition) is 6. The molecular weight excluding hydrogens is 370 g/mol. The van der Waals surface area contributed by atoms with Crippen molar-refractivity contribution in [1.29, 1.82) is 0 Å². The Morgan fingerprint density at radius 3 is 2.38 bits per heavy atom. The van der Waals surface area contributed by atoms with Crippen LogP contribution in [-0.2, 0) is 0 Å². The topological polar surface area (TPSA) is 88.4 Å². The number of carbonyl (C=O) groups is 1. The van der Waals surface area contributed by atoms with Crippen molar-refractivity contribution in [1.82, 2.24) is 0 Å². The molecule has 148 valence electrons. The van der Waals surface area contributed by atoms with Gasteiger partial charge in [0.15, 0.2) is 0 Å². The van der Waals surface area contributed by atoms with E-state index in [4.69, 9.17) is 9.47 Å². The van der Waals surface area contributed by atoms with Crippen molar-refractivity contribution < 1.29 is 24.5 Å². The number of hydrogen-bond donors (Lipinski definition) is 2. The minimum atomic E-state index is -0.540. The molecule has 0 aliphatic carbocycles. The standard InChI is InChI=1S/C23H21NO5/c1-2-13-28-18-10-7-16(8-11-18)23(27)29-19-12-9-17(22(26)14-19)15-24-20-5-3-4-6-21(20)25/h3-12,14-15,25-26H,2,13H2,1H3. The molecule has 0 radical (unpaired) electrons. The smallest absolute Gasteiger partial charge is 0.343 e. The van der Waals surface area contributed by atoms with E-state index in [1.165, 1.54) is 18.3 Å². The Kier molecular flexibility index (Phi) is 6.47. The van der Waals surface area contributed by atoms with E-state index in [-0.39, 0.29) is 17.2 Å². The second-order valence-corrected chi connectivity index (χ2v) is 6.23. The first-order valence-corrected chi connectivity index (χ1v) is 9.17. The van der Waals surface area contributed by atoms with Crippen molar-refractivity contribution in [3.8, 4) is 23.0 Å². The van der Waals surface area contributed by atoms with Gasteiger partial charge in [-0.1, -0.05) is 19.1 Å². The highest BCUT2D eigenvalue weighted by Gasteiger charge is 2.10. The molecule has 0 aliphatic rings. The average Bonchev–Trinajstić information content (AvgIpc) is 2.73. The number of carbonyl (C=O) groups excluding carboxylic acids is 1. The summed E-state index contributed by atoms with van der Waals surface area (Å²) < 4.78 is 10.8. The fourth-order valence-corrected chi connectivity index (χ4v) is 2.48. The SMILES string of the molecule is CCCOc1ccc(C(=O)Oc2ccc(C=Nc3ccccc3O)c(O)c2)cc1. The zero-order chi connectivity index (χ0) is 20.6. The Bertz CT molecular complexity index is 1010. The normalized spacial score (nSPS) is 10.8. The zero-order valence-electron chi connectivity index (χ0n) is 15.9. The minimum Gasteiger partial charge on any atom is -0.507 e. The second-order valence-electron chi connectivity index (χ2n) is 6.23. The van der Waals surface area contributed by atoms with Gasteiger partial charge in [-0.3, -0.25) is 4.99 Å². The van der Waals surface area contributed by atoms with Crippen molar-refractivity contribution in [2.45, 2.75) is 13.3 Å². The third-order valence-electron chi connectivity index (χ3n) is 4.00. The van der Waals surface area contributed by atoms with Crippen molar-refractivity contribution in [2.75, 3.05) is 6.61 Å². The number of esters is 1. The predicted molar refractivity (Wildman–Crippen MR) is 111 cm³/mol. The molecule has 2 N–H and O–H groups in total. The van der Waals surface area contributed by atoms with E-state index >= 15 is 0 Å². The van der Waals surface area contributed by atoms with Gasteiger partial charge in [0.25, 0.3) is 0 Å². The van der Waals surface area contributed by atoms with E-state index in [0.29, 0.717) is 29.2 Å². The Balaban J connectivity index is 1.67. The summed E-state index contributed by atoms with van der Waals surface area (Å²) in [5, 5.41) is 19.9. The monoisotopic (exact) mass is 391 g/mol. The fourth-order valence-electron chi connectivity index (χ4n) is 2.48. The van der Waals surface area contributed by atoms with Crippen molar-refractivity contribution in [3.05, 3.63) is 77.9 Å². The Hall–Kier alpha value is -3.80. The van der Waals surface area contributed by atoms with Gasteiger partial charge in [-0.05, 0) is 55.0 Å². The van der Waals surface area contributed by atoms with Crippen LogP contribution in [0.5, 0.6) is 23.0 Å². The molecule has 0 bridgehead atoms. The van der Waals surface area contributed by atoms with Gasteiger partial charge < -0.3 is 19.7 Å². The van der Waals surface area contributed by atoms with Crippen LogP contribution < -0.4 is 9.47 Å². The first-order valence-electron chi connectivity index (χ1n) is 9.17. The van der Waals surface area contributed by atoms with Crippen LogP contribution in [-0.4, -0.2) is 29.0 Å². The van der Waals surface area contributed by atoms with E-state index in [9.17, 15) is 15.0 Å². The Labute approximate surface area is 168 Å². The highest BCUT2D eigenvalue weighted by atomic mass is 16.5. The molecule has 0 heterocycles. The highest BCUT2D eigenvalue weighted by Crippen LogP contribution is 2.27. The van der Waals surface area contributed by atoms with Gasteiger partial charge in [0.1, 0.15) is 28.7 Å². The van der Waals surface area contributed by atoms with E-state index in [2.05, 4.69) is 4.99 Å². The van der Waals surface area contributed by atoms with Crippen LogP contribution in [0.25, 0.3) is 0 Å². The summed E-state index contributed by atoms with van der Waals surface area (Å²) in [6.45, 7) is 2.63. The van der Waals surface area contributed by atoms with Gasteiger partial charge in [0.05, 0.1) is 12.2 Å². The molecule has 6 heteroatoms. The number of benzene rings is 3. The molecule has 0 spiro atoms. The number of nitrogens with zero attached hydrogens (tertiary/aromatic N) is 1. The number of aromatic hydroxyl groups is 2. The molecule has 29 heavy (non-hydrogen) atoms. The molecule has 0 atom stereocenters. The van der Waals surface area contributed by atoms with Gasteiger partial charge in [0, 0.05) is 17.8 Å². The van der Waals surface area contributed by atoms with E-state index in [1.807, 2.05) is 6.92 Å². The average molecular weight is 391 g/mol. The van der Waals surface area contributed by atoms with Crippen LogP contribution in [0.4, 0.5) is 5.69 Å². The van der Waals surface area contributed by atoms with Gasteiger partial charge in [-0.2, -0.15) is 0 Å². The van der Waals surface area contributed by atoms with Crippen LogP contribution in [0, 0.1) is 0 Å². The Morgan fingerprint density at radius 1 is 0.966 bits per heavy atom. The Morgan fingerprint density at radius 2 is 1.69 bits per heavy atom. The lowest BCUT2D eigenvalue weighted by Gasteiger charge is -2.08. The summed E-state index contributed by atoms with van der Waals surface area (Å²) in [5.41, 5.74) is 1.18. The maximum absolute atomic E-state index is 12.3. The van der Waals surface area contributed by atoms with Crippen LogP contribution in [0.2, 0.25) is 0 Å². The number of rotatable bonds is 7. The lowest BCUT2D eigenvalue weighted by molar-refractivity contribution is 0.0734. The molecule has 0 saturated heterocycles. The molecule has 0 saturated carbocycles. The van der Waals surface area contributed by atoms with Crippen LogP contribution >= 0.6 is 0 Å². The minimum absolute atomic E-state index is 0.0416. The molecular formula is C23H21NO5. The second kappa shape index (κ2) is 9.41. The summed E-state index contributed by atoms with van der Waals surface area (Å²) in [5.74, 6) is 0.299. The predicted octanol–water partition coefficient (Wildman–Crippen LogP) is 4.86. The molecule has 3 rings (SSSR count). The third kappa shape index (κ3) is 5.35. The largest absolute Gasteiger partial charge is 0.507 e. The molecule has 6 nitrogen and oxygen atoms in total. The maximum Gasteiger partial charge on any atom is 0.343 e. The van der Waals surface area contributed by atoms with Crippen molar-refractivity contribution in [3.63, 3.8) is 0 Å². The lowest BCUT2D eigenvalue weighted by Crippen LogP contribution is -2.08. The van der Waals surface area contributed by atoms with Crippen LogP contribution in [0.15, 0.2) is 71.7 Å². The van der Waals surface area contributed by atoms with Gasteiger partial charge in [-0.15, -0.1) is 0 Å². The zero-order valence-corrected chi connectivity index (χ0v) is 15.9. The summed E-state index contributed by atoms with van der Waals surface area (Å²) in [4.78, 5) is 16.4. The quantitative estimate of drug-likeness (QED) is 0.341. The van der Waals surface area contributed by atoms with Crippen LogP contribution in [0.3, 0.4) is 0 Å². The fraction of sp³-hybridized carbons (Fsp3) is 0.130. The summed E-state index contributed by atoms with van der Waals surface area (Å²) >= 11 is 0. The van der Waals surface area contributed by atoms with Crippen molar-refractivity contribution in [2.24, 2.45) is 4.99 Å². The summed E-state index contributed by atoms with van der Waals surface area (Å²) in [6.07, 6.45) is 2.32. The number of ether oxygens (including phenoxy) is 2. The molecule has 0 aromatic heterocycles. The van der Waals surface area contributed by atoms with E-state index in [1.54, 1.807) is 54.6 Å². The summed E-state index contributed by atoms with van der Waals surface area (Å²) in [7, 11) is 0. The lowest BCUT2D eigenvalue weighted by atomic mass is 10.2. The molecule has 0 unspecified atom stereocenters. The van der Waals surface area contributed by atoms with Gasteiger partial charge >= 0.3 is 5.97 Å². The van der Waals surface area contributed by atoms with Crippen molar-refractivity contribution >= 4 is 17.9 Å². The molecule has 3 aromatic rings. The van der Waals surface area contributed by atoms with Gasteiger partial charge in [-0.25, -0.2) is 4.79 Å². The molecule has 0 fully saturated rings. The first kappa shape index (κ1) is 19.9. The number of para-hydroxylation sites is 2. The summed E-state index contributed by atoms with van der Waals surface area (Å²) in [6, 6.07) is 17.8. The number of phenolic OH excluding ortho intramolecular Hbond substituents is 2. The van der Waals surface area contributed by atoms with Gasteiger partial charge in [0.2, 0.25) is 0 Å². The first-order chi connectivity index (χ1) is 14.1. The van der Waals surface area contributed by atoms with E-state index in [0.717, 1.165) is 6.42 Å². The molecule has 0 aliphatic heterocycles. The number of phenols is 2. The third-order valence-corrected chi connectivity index (χ3v) is 4.00. The van der Waals surface area contributed by atoms with Crippen LogP contribution in [0.1, 0.15) is 29.3 Å². The molecule has 3 aromatic carbocycles. The number of aliphatic imine (C=N–C) groups is 1. The molecule has 0 amide bonds. The van der Waals surface area contributed by atoms with E-state index < -0.39 is 5.97 Å². The highest BCUT2D eigenvalue weighted by molar-refractivity contribution is 5.91.